The Morgan fingerprint density at radius 1 is 1.19 bits per heavy atom. The van der Waals surface area contributed by atoms with Gasteiger partial charge in [0.05, 0.1) is 5.57 Å². The number of carbonyl (C=O) groups excluding carboxylic acids is 3. The third-order valence-electron chi connectivity index (χ3n) is 6.26. The van der Waals surface area contributed by atoms with Crippen LogP contribution in [0.1, 0.15) is 69.8 Å². The standard InChI is InChI=1S/C24H28O8/c1-11(2)16-9-18(28-13(4)25)17-8-15(30-23(17)27)10-24(6)22(32-24)19-7-12(3)20(31-19)21(16)29-14(5)26/h7-8,15-16,18,21-22H,1,9-10H2,2-6H3. The van der Waals surface area contributed by atoms with E-state index in [4.69, 9.17) is 23.4 Å². The summed E-state index contributed by atoms with van der Waals surface area (Å²) < 4.78 is 28.9. The van der Waals surface area contributed by atoms with E-state index >= 15 is 0 Å². The molecule has 4 bridgehead atoms. The van der Waals surface area contributed by atoms with Gasteiger partial charge in [-0.25, -0.2) is 4.79 Å². The van der Waals surface area contributed by atoms with Crippen molar-refractivity contribution in [3.8, 4) is 0 Å². The van der Waals surface area contributed by atoms with Crippen LogP contribution in [0.2, 0.25) is 0 Å². The summed E-state index contributed by atoms with van der Waals surface area (Å²) in [5, 5.41) is 0. The van der Waals surface area contributed by atoms with Crippen LogP contribution < -0.4 is 0 Å². The number of carbonyl (C=O) groups is 3. The average molecular weight is 444 g/mol. The normalized spacial score (nSPS) is 33.5. The summed E-state index contributed by atoms with van der Waals surface area (Å²) in [5.74, 6) is -0.919. The zero-order valence-electron chi connectivity index (χ0n) is 18.9. The number of rotatable bonds is 3. The molecule has 6 unspecified atom stereocenters. The number of furan rings is 1. The van der Waals surface area contributed by atoms with Crippen molar-refractivity contribution < 1.29 is 37.7 Å². The summed E-state index contributed by atoms with van der Waals surface area (Å²) in [6.07, 6.45) is -0.196. The minimum atomic E-state index is -0.885. The Labute approximate surface area is 186 Å². The molecule has 4 rings (SSSR count). The van der Waals surface area contributed by atoms with Crippen molar-refractivity contribution in [2.24, 2.45) is 5.92 Å². The third kappa shape index (κ3) is 4.11. The van der Waals surface area contributed by atoms with Gasteiger partial charge in [0.1, 0.15) is 35.4 Å². The topological polar surface area (TPSA) is 105 Å². The molecule has 8 heteroatoms. The van der Waals surface area contributed by atoms with Crippen LogP contribution in [0.15, 0.2) is 34.3 Å². The number of hydrogen-bond donors (Lipinski definition) is 0. The van der Waals surface area contributed by atoms with Crippen molar-refractivity contribution in [3.63, 3.8) is 0 Å². The molecule has 0 saturated carbocycles. The number of esters is 3. The molecule has 1 saturated heterocycles. The zero-order chi connectivity index (χ0) is 23.4. The van der Waals surface area contributed by atoms with Gasteiger partial charge in [-0.15, -0.1) is 0 Å². The lowest BCUT2D eigenvalue weighted by Crippen LogP contribution is -2.29. The van der Waals surface area contributed by atoms with Crippen LogP contribution in [0.4, 0.5) is 0 Å². The number of ether oxygens (including phenoxy) is 4. The summed E-state index contributed by atoms with van der Waals surface area (Å²) in [7, 11) is 0. The number of fused-ring (bicyclic) bond motifs is 5. The molecule has 0 amide bonds. The van der Waals surface area contributed by atoms with Crippen molar-refractivity contribution >= 4 is 17.9 Å². The molecular formula is C24H28O8. The highest BCUT2D eigenvalue weighted by Gasteiger charge is 2.57. The fourth-order valence-corrected chi connectivity index (χ4v) is 4.68. The van der Waals surface area contributed by atoms with E-state index in [0.29, 0.717) is 23.5 Å². The number of hydrogen-bond acceptors (Lipinski definition) is 8. The fourth-order valence-electron chi connectivity index (χ4n) is 4.68. The van der Waals surface area contributed by atoms with Crippen LogP contribution in [-0.2, 0) is 33.3 Å². The Morgan fingerprint density at radius 3 is 2.50 bits per heavy atom. The average Bonchev–Trinajstić information content (AvgIpc) is 2.98. The highest BCUT2D eigenvalue weighted by molar-refractivity contribution is 5.92. The Hall–Kier alpha value is -2.87. The maximum atomic E-state index is 12.7. The molecular weight excluding hydrogens is 416 g/mol. The molecule has 1 fully saturated rings. The molecule has 0 spiro atoms. The molecule has 6 atom stereocenters. The van der Waals surface area contributed by atoms with E-state index in [1.54, 1.807) is 13.0 Å². The second-order valence-corrected chi connectivity index (χ2v) is 9.09. The Kier molecular flexibility index (Phi) is 5.53. The first-order valence-electron chi connectivity index (χ1n) is 10.7. The van der Waals surface area contributed by atoms with E-state index in [2.05, 4.69) is 6.58 Å². The summed E-state index contributed by atoms with van der Waals surface area (Å²) in [4.78, 5) is 36.6. The summed E-state index contributed by atoms with van der Waals surface area (Å²) in [6.45, 7) is 12.3. The summed E-state index contributed by atoms with van der Waals surface area (Å²) >= 11 is 0. The van der Waals surface area contributed by atoms with Gasteiger partial charge < -0.3 is 23.4 Å². The predicted octanol–water partition coefficient (Wildman–Crippen LogP) is 3.79. The minimum Gasteiger partial charge on any atom is -0.459 e. The third-order valence-corrected chi connectivity index (χ3v) is 6.26. The minimum absolute atomic E-state index is 0.174. The monoisotopic (exact) mass is 444 g/mol. The van der Waals surface area contributed by atoms with E-state index < -0.39 is 47.7 Å². The van der Waals surface area contributed by atoms with Gasteiger partial charge in [-0.2, -0.15) is 0 Å². The van der Waals surface area contributed by atoms with Crippen LogP contribution in [0.25, 0.3) is 0 Å². The van der Waals surface area contributed by atoms with Gasteiger partial charge in [0.15, 0.2) is 6.10 Å². The maximum Gasteiger partial charge on any atom is 0.338 e. The first-order chi connectivity index (χ1) is 15.0. The van der Waals surface area contributed by atoms with E-state index in [9.17, 15) is 14.4 Å². The predicted molar refractivity (Wildman–Crippen MR) is 111 cm³/mol. The van der Waals surface area contributed by atoms with E-state index in [1.807, 2.05) is 19.9 Å². The van der Waals surface area contributed by atoms with Gasteiger partial charge in [-0.1, -0.05) is 12.2 Å². The second kappa shape index (κ2) is 7.92. The van der Waals surface area contributed by atoms with Crippen molar-refractivity contribution in [3.05, 3.63) is 47.0 Å². The molecule has 3 aliphatic rings. The highest BCUT2D eigenvalue weighted by atomic mass is 16.6. The molecule has 0 radical (unpaired) electrons. The Morgan fingerprint density at radius 2 is 1.88 bits per heavy atom. The van der Waals surface area contributed by atoms with Gasteiger partial charge in [-0.3, -0.25) is 9.59 Å². The molecule has 0 aliphatic carbocycles. The van der Waals surface area contributed by atoms with Crippen molar-refractivity contribution in [2.45, 2.75) is 77.5 Å². The molecule has 1 aromatic heterocycles. The largest absolute Gasteiger partial charge is 0.459 e. The smallest absolute Gasteiger partial charge is 0.338 e. The molecule has 32 heavy (non-hydrogen) atoms. The molecule has 0 N–H and O–H groups in total. The fraction of sp³-hybridized carbons (Fsp3) is 0.542. The van der Waals surface area contributed by atoms with Crippen LogP contribution in [0, 0.1) is 12.8 Å². The lowest BCUT2D eigenvalue weighted by molar-refractivity contribution is -0.154. The van der Waals surface area contributed by atoms with Gasteiger partial charge in [0.25, 0.3) is 0 Å². The van der Waals surface area contributed by atoms with Crippen LogP contribution in [0.5, 0.6) is 0 Å². The molecule has 3 aliphatic heterocycles. The summed E-state index contributed by atoms with van der Waals surface area (Å²) in [5.41, 5.74) is 1.20. The lowest BCUT2D eigenvalue weighted by Gasteiger charge is -2.29. The van der Waals surface area contributed by atoms with E-state index in [0.717, 1.165) is 5.56 Å². The molecule has 0 aromatic carbocycles. The quantitative estimate of drug-likeness (QED) is 0.300. The Bertz CT molecular complexity index is 1020. The maximum absolute atomic E-state index is 12.7. The molecule has 4 heterocycles. The van der Waals surface area contributed by atoms with Crippen LogP contribution >= 0.6 is 0 Å². The van der Waals surface area contributed by atoms with Gasteiger partial charge in [0, 0.05) is 26.2 Å². The lowest BCUT2D eigenvalue weighted by atomic mass is 9.85. The first-order valence-corrected chi connectivity index (χ1v) is 10.7. The zero-order valence-corrected chi connectivity index (χ0v) is 18.9. The Balaban J connectivity index is 1.84. The number of epoxide rings is 1. The highest BCUT2D eigenvalue weighted by Crippen LogP contribution is 2.54. The molecule has 1 aromatic rings. The first kappa shape index (κ1) is 22.3. The van der Waals surface area contributed by atoms with Gasteiger partial charge in [-0.05, 0) is 44.9 Å². The SMILES string of the molecule is C=C(C)C1CC(OC(C)=O)C2=CC(CC3(C)OC3c3cc(C)c(o3)C1OC(C)=O)OC2=O. The van der Waals surface area contributed by atoms with Crippen molar-refractivity contribution in [2.75, 3.05) is 0 Å². The van der Waals surface area contributed by atoms with Crippen molar-refractivity contribution in [1.82, 2.24) is 0 Å². The van der Waals surface area contributed by atoms with Gasteiger partial charge >= 0.3 is 17.9 Å². The molecule has 8 nitrogen and oxygen atoms in total. The number of aryl methyl sites for hydroxylation is 1. The van der Waals surface area contributed by atoms with E-state index in [1.165, 1.54) is 13.8 Å². The molecule has 172 valence electrons. The van der Waals surface area contributed by atoms with Crippen molar-refractivity contribution in [1.29, 1.82) is 0 Å². The second-order valence-electron chi connectivity index (χ2n) is 9.09. The van der Waals surface area contributed by atoms with Gasteiger partial charge in [0.2, 0.25) is 0 Å². The van der Waals surface area contributed by atoms with Crippen LogP contribution in [0.3, 0.4) is 0 Å². The van der Waals surface area contributed by atoms with E-state index in [-0.39, 0.29) is 18.1 Å². The van der Waals surface area contributed by atoms with Crippen LogP contribution in [-0.4, -0.2) is 35.7 Å². The summed E-state index contributed by atoms with van der Waals surface area (Å²) in [6, 6.07) is 1.88.